The maximum atomic E-state index is 11.4. The van der Waals surface area contributed by atoms with E-state index < -0.39 is 0 Å². The molecule has 0 aliphatic rings. The van der Waals surface area contributed by atoms with E-state index in [1.807, 2.05) is 30.3 Å². The molecule has 0 saturated heterocycles. The fourth-order valence-corrected chi connectivity index (χ4v) is 1.46. The minimum Gasteiger partial charge on any atom is -0.461 e. The molecule has 17 heavy (non-hydrogen) atoms. The van der Waals surface area contributed by atoms with Gasteiger partial charge in [0.2, 0.25) is 0 Å². The molecule has 0 N–H and O–H groups in total. The predicted octanol–water partition coefficient (Wildman–Crippen LogP) is 2.46. The summed E-state index contributed by atoms with van der Waals surface area (Å²) >= 11 is 0. The van der Waals surface area contributed by atoms with Crippen molar-refractivity contribution in [3.63, 3.8) is 0 Å². The fraction of sp³-hybridized carbons (Fsp3) is 0.500. The standard InChI is InChI=1S/C14H21NO2/c1-3-15(2)11-7-10-14(16)17-12-13-8-5-4-6-9-13/h4-6,8-9H,3,7,10-12H2,1-2H3. The predicted molar refractivity (Wildman–Crippen MR) is 68.6 cm³/mol. The molecule has 0 radical (unpaired) electrons. The Morgan fingerprint density at radius 1 is 1.29 bits per heavy atom. The first-order valence-electron chi connectivity index (χ1n) is 6.10. The molecule has 0 atom stereocenters. The van der Waals surface area contributed by atoms with E-state index in [1.54, 1.807) is 0 Å². The third-order valence-corrected chi connectivity index (χ3v) is 2.70. The molecule has 0 heterocycles. The van der Waals surface area contributed by atoms with Crippen molar-refractivity contribution in [2.75, 3.05) is 20.1 Å². The highest BCUT2D eigenvalue weighted by molar-refractivity contribution is 5.69. The highest BCUT2D eigenvalue weighted by atomic mass is 16.5. The van der Waals surface area contributed by atoms with E-state index in [2.05, 4.69) is 18.9 Å². The van der Waals surface area contributed by atoms with Crippen LogP contribution in [-0.2, 0) is 16.1 Å². The van der Waals surface area contributed by atoms with Crippen molar-refractivity contribution in [3.8, 4) is 0 Å². The first-order valence-corrected chi connectivity index (χ1v) is 6.10. The zero-order valence-corrected chi connectivity index (χ0v) is 10.7. The summed E-state index contributed by atoms with van der Waals surface area (Å²) < 4.78 is 5.19. The maximum absolute atomic E-state index is 11.4. The molecule has 3 nitrogen and oxygen atoms in total. The Bertz CT molecular complexity index is 324. The zero-order chi connectivity index (χ0) is 12.5. The molecule has 0 fully saturated rings. The summed E-state index contributed by atoms with van der Waals surface area (Å²) in [6.07, 6.45) is 1.36. The van der Waals surface area contributed by atoms with Gasteiger partial charge in [0.15, 0.2) is 0 Å². The molecular formula is C14H21NO2. The molecule has 1 aromatic carbocycles. The molecule has 0 saturated carbocycles. The summed E-state index contributed by atoms with van der Waals surface area (Å²) in [4.78, 5) is 13.6. The summed E-state index contributed by atoms with van der Waals surface area (Å²) in [5.41, 5.74) is 1.03. The summed E-state index contributed by atoms with van der Waals surface area (Å²) in [5.74, 6) is -0.113. The lowest BCUT2D eigenvalue weighted by molar-refractivity contribution is -0.145. The Balaban J connectivity index is 2.13. The van der Waals surface area contributed by atoms with E-state index >= 15 is 0 Å². The number of rotatable bonds is 7. The largest absolute Gasteiger partial charge is 0.461 e. The maximum Gasteiger partial charge on any atom is 0.306 e. The van der Waals surface area contributed by atoms with E-state index in [4.69, 9.17) is 4.74 Å². The normalized spacial score (nSPS) is 10.5. The molecule has 0 amide bonds. The number of benzene rings is 1. The number of carbonyl (C=O) groups is 1. The Morgan fingerprint density at radius 2 is 2.00 bits per heavy atom. The molecule has 3 heteroatoms. The monoisotopic (exact) mass is 235 g/mol. The average molecular weight is 235 g/mol. The summed E-state index contributed by atoms with van der Waals surface area (Å²) in [6, 6.07) is 9.75. The minimum atomic E-state index is -0.113. The van der Waals surface area contributed by atoms with Crippen LogP contribution in [0, 0.1) is 0 Å². The van der Waals surface area contributed by atoms with Crippen molar-refractivity contribution >= 4 is 5.97 Å². The molecule has 0 bridgehead atoms. The third kappa shape index (κ3) is 6.07. The molecule has 94 valence electrons. The summed E-state index contributed by atoms with van der Waals surface area (Å²) in [5, 5.41) is 0. The van der Waals surface area contributed by atoms with Gasteiger partial charge >= 0.3 is 5.97 Å². The highest BCUT2D eigenvalue weighted by Gasteiger charge is 2.04. The van der Waals surface area contributed by atoms with Crippen LogP contribution in [0.5, 0.6) is 0 Å². The second kappa shape index (κ2) is 7.85. The average Bonchev–Trinajstić information content (AvgIpc) is 2.37. The first-order chi connectivity index (χ1) is 8.22. The minimum absolute atomic E-state index is 0.113. The number of hydrogen-bond acceptors (Lipinski definition) is 3. The van der Waals surface area contributed by atoms with Gasteiger partial charge in [-0.3, -0.25) is 4.79 Å². The van der Waals surface area contributed by atoms with Crippen LogP contribution < -0.4 is 0 Å². The first kappa shape index (κ1) is 13.7. The molecule has 0 aromatic heterocycles. The van der Waals surface area contributed by atoms with Gasteiger partial charge < -0.3 is 9.64 Å². The topological polar surface area (TPSA) is 29.5 Å². The highest BCUT2D eigenvalue weighted by Crippen LogP contribution is 2.03. The van der Waals surface area contributed by atoms with Gasteiger partial charge in [-0.15, -0.1) is 0 Å². The van der Waals surface area contributed by atoms with Crippen LogP contribution in [0.25, 0.3) is 0 Å². The van der Waals surface area contributed by atoms with Gasteiger partial charge in [-0.25, -0.2) is 0 Å². The van der Waals surface area contributed by atoms with Crippen LogP contribution in [0.2, 0.25) is 0 Å². The number of carbonyl (C=O) groups excluding carboxylic acids is 1. The van der Waals surface area contributed by atoms with Gasteiger partial charge in [0.05, 0.1) is 0 Å². The van der Waals surface area contributed by atoms with Crippen molar-refractivity contribution in [2.24, 2.45) is 0 Å². The smallest absolute Gasteiger partial charge is 0.306 e. The van der Waals surface area contributed by atoms with Crippen molar-refractivity contribution < 1.29 is 9.53 Å². The van der Waals surface area contributed by atoms with Gasteiger partial charge in [0.1, 0.15) is 6.61 Å². The number of ether oxygens (including phenoxy) is 1. The molecule has 0 spiro atoms. The second-order valence-electron chi connectivity index (χ2n) is 4.15. The van der Waals surface area contributed by atoms with Gasteiger partial charge in [-0.05, 0) is 32.1 Å². The Morgan fingerprint density at radius 3 is 2.65 bits per heavy atom. The van der Waals surface area contributed by atoms with Gasteiger partial charge in [-0.1, -0.05) is 37.3 Å². The molecule has 0 aliphatic carbocycles. The van der Waals surface area contributed by atoms with Gasteiger partial charge in [-0.2, -0.15) is 0 Å². The van der Waals surface area contributed by atoms with Crippen molar-refractivity contribution in [1.82, 2.24) is 4.90 Å². The quantitative estimate of drug-likeness (QED) is 0.680. The van der Waals surface area contributed by atoms with Crippen molar-refractivity contribution in [3.05, 3.63) is 35.9 Å². The van der Waals surface area contributed by atoms with Crippen LogP contribution in [0.15, 0.2) is 30.3 Å². The molecule has 1 rings (SSSR count). The fourth-order valence-electron chi connectivity index (χ4n) is 1.46. The van der Waals surface area contributed by atoms with Crippen molar-refractivity contribution in [2.45, 2.75) is 26.4 Å². The van der Waals surface area contributed by atoms with Crippen LogP contribution in [0.4, 0.5) is 0 Å². The number of esters is 1. The summed E-state index contributed by atoms with van der Waals surface area (Å²) in [6.45, 7) is 4.44. The van der Waals surface area contributed by atoms with Crippen LogP contribution >= 0.6 is 0 Å². The van der Waals surface area contributed by atoms with Gasteiger partial charge in [0, 0.05) is 6.42 Å². The van der Waals surface area contributed by atoms with Crippen molar-refractivity contribution in [1.29, 1.82) is 0 Å². The molecular weight excluding hydrogens is 214 g/mol. The summed E-state index contributed by atoms with van der Waals surface area (Å²) in [7, 11) is 2.05. The molecule has 0 aliphatic heterocycles. The lowest BCUT2D eigenvalue weighted by Gasteiger charge is -2.12. The van der Waals surface area contributed by atoms with E-state index in [-0.39, 0.29) is 5.97 Å². The Hall–Kier alpha value is -1.35. The van der Waals surface area contributed by atoms with Crippen LogP contribution in [0.1, 0.15) is 25.3 Å². The molecule has 1 aromatic rings. The lowest BCUT2D eigenvalue weighted by atomic mass is 10.2. The number of hydrogen-bond donors (Lipinski definition) is 0. The van der Waals surface area contributed by atoms with E-state index in [9.17, 15) is 4.79 Å². The van der Waals surface area contributed by atoms with Crippen LogP contribution in [-0.4, -0.2) is 31.0 Å². The second-order valence-corrected chi connectivity index (χ2v) is 4.15. The van der Waals surface area contributed by atoms with E-state index in [0.29, 0.717) is 13.0 Å². The lowest BCUT2D eigenvalue weighted by Crippen LogP contribution is -2.19. The number of nitrogens with zero attached hydrogens (tertiary/aromatic N) is 1. The Kier molecular flexibility index (Phi) is 6.33. The zero-order valence-electron chi connectivity index (χ0n) is 10.7. The third-order valence-electron chi connectivity index (χ3n) is 2.70. The SMILES string of the molecule is CCN(C)CCCC(=O)OCc1ccccc1. The molecule has 0 unspecified atom stereocenters. The van der Waals surface area contributed by atoms with E-state index in [1.165, 1.54) is 0 Å². The van der Waals surface area contributed by atoms with Gasteiger partial charge in [0.25, 0.3) is 0 Å². The van der Waals surface area contributed by atoms with Crippen LogP contribution in [0.3, 0.4) is 0 Å². The van der Waals surface area contributed by atoms with E-state index in [0.717, 1.165) is 25.1 Å². The Labute approximate surface area is 103 Å².